The highest BCUT2D eigenvalue weighted by molar-refractivity contribution is 5.71. The molecule has 1 unspecified atom stereocenters. The van der Waals surface area contributed by atoms with E-state index in [9.17, 15) is 14.4 Å². The fourth-order valence-corrected chi connectivity index (χ4v) is 10.9. The van der Waals surface area contributed by atoms with Crippen LogP contribution in [0.5, 0.6) is 0 Å². The summed E-state index contributed by atoms with van der Waals surface area (Å²) in [5.41, 5.74) is 0. The van der Waals surface area contributed by atoms with E-state index < -0.39 is 6.10 Å². The van der Waals surface area contributed by atoms with Gasteiger partial charge in [0, 0.05) is 19.3 Å². The summed E-state index contributed by atoms with van der Waals surface area (Å²) in [4.78, 5) is 38.3. The van der Waals surface area contributed by atoms with Crippen LogP contribution in [0, 0.1) is 0 Å². The molecule has 6 nitrogen and oxygen atoms in total. The Hall–Kier alpha value is -1.59. The van der Waals surface area contributed by atoms with Gasteiger partial charge in [0.25, 0.3) is 0 Å². The molecule has 0 amide bonds. The van der Waals surface area contributed by atoms with Crippen molar-refractivity contribution in [3.05, 3.63) is 0 Å². The van der Waals surface area contributed by atoms with Crippen LogP contribution in [0.3, 0.4) is 0 Å². The highest BCUT2D eigenvalue weighted by Gasteiger charge is 2.19. The van der Waals surface area contributed by atoms with Gasteiger partial charge in [-0.05, 0) is 19.3 Å². The van der Waals surface area contributed by atoms with Crippen LogP contribution in [0.15, 0.2) is 0 Å². The Morgan fingerprint density at radius 3 is 0.533 bits per heavy atom. The minimum Gasteiger partial charge on any atom is -0.462 e. The minimum atomic E-state index is -0.762. The fourth-order valence-electron chi connectivity index (χ4n) is 10.9. The molecule has 0 radical (unpaired) electrons. The molecule has 0 aliphatic rings. The first kappa shape index (κ1) is 73.4. The monoisotopic (exact) mass is 1060 g/mol. The first-order chi connectivity index (χ1) is 37.0. The van der Waals surface area contributed by atoms with Gasteiger partial charge in [0.05, 0.1) is 0 Å². The molecule has 0 spiro atoms. The third-order valence-electron chi connectivity index (χ3n) is 16.1. The van der Waals surface area contributed by atoms with Crippen molar-refractivity contribution in [1.29, 1.82) is 0 Å². The van der Waals surface area contributed by atoms with Crippen molar-refractivity contribution in [2.24, 2.45) is 0 Å². The first-order valence-corrected chi connectivity index (χ1v) is 34.5. The largest absolute Gasteiger partial charge is 0.462 e. The smallest absolute Gasteiger partial charge is 0.306 e. The van der Waals surface area contributed by atoms with E-state index in [0.717, 1.165) is 57.8 Å². The summed E-state index contributed by atoms with van der Waals surface area (Å²) in [6, 6.07) is 0. The Bertz CT molecular complexity index is 1120. The van der Waals surface area contributed by atoms with Crippen LogP contribution in [0.25, 0.3) is 0 Å². The quantitative estimate of drug-likeness (QED) is 0.0343. The van der Waals surface area contributed by atoms with Gasteiger partial charge in [-0.25, -0.2) is 0 Å². The zero-order valence-electron chi connectivity index (χ0n) is 51.4. The predicted octanol–water partition coefficient (Wildman–Crippen LogP) is 23.5. The van der Waals surface area contributed by atoms with E-state index in [4.69, 9.17) is 14.2 Å². The van der Waals surface area contributed by atoms with Crippen molar-refractivity contribution in [3.8, 4) is 0 Å². The molecule has 0 saturated carbocycles. The molecule has 0 aromatic rings. The van der Waals surface area contributed by atoms with Crippen LogP contribution >= 0.6 is 0 Å². The lowest BCUT2D eigenvalue weighted by Gasteiger charge is -2.18. The van der Waals surface area contributed by atoms with Gasteiger partial charge in [0.1, 0.15) is 13.2 Å². The summed E-state index contributed by atoms with van der Waals surface area (Å²) in [6.45, 7) is 6.72. The Labute approximate surface area is 469 Å². The number of ether oxygens (including phenoxy) is 3. The first-order valence-electron chi connectivity index (χ1n) is 34.5. The van der Waals surface area contributed by atoms with Gasteiger partial charge in [-0.2, -0.15) is 0 Å². The third kappa shape index (κ3) is 63.1. The highest BCUT2D eigenvalue weighted by Crippen LogP contribution is 2.19. The molecule has 0 aliphatic heterocycles. The van der Waals surface area contributed by atoms with Crippen LogP contribution < -0.4 is 0 Å². The van der Waals surface area contributed by atoms with Gasteiger partial charge in [-0.1, -0.05) is 367 Å². The number of carbonyl (C=O) groups is 3. The van der Waals surface area contributed by atoms with E-state index in [0.29, 0.717) is 19.3 Å². The summed E-state index contributed by atoms with van der Waals surface area (Å²) in [5, 5.41) is 0. The zero-order valence-corrected chi connectivity index (χ0v) is 51.4. The summed E-state index contributed by atoms with van der Waals surface area (Å²) in [5.74, 6) is -0.826. The van der Waals surface area contributed by atoms with E-state index in [1.165, 1.54) is 308 Å². The van der Waals surface area contributed by atoms with Crippen molar-refractivity contribution in [1.82, 2.24) is 0 Å². The Balaban J connectivity index is 4.08. The second kappa shape index (κ2) is 64.9. The summed E-state index contributed by atoms with van der Waals surface area (Å²) in [6.07, 6.45) is 75.7. The summed E-state index contributed by atoms with van der Waals surface area (Å²) >= 11 is 0. The van der Waals surface area contributed by atoms with E-state index in [1.807, 2.05) is 0 Å². The van der Waals surface area contributed by atoms with Crippen LogP contribution in [-0.4, -0.2) is 37.2 Å². The second-order valence-electron chi connectivity index (χ2n) is 23.8. The number of hydrogen-bond acceptors (Lipinski definition) is 6. The normalized spacial score (nSPS) is 11.9. The molecule has 75 heavy (non-hydrogen) atoms. The summed E-state index contributed by atoms with van der Waals surface area (Å²) in [7, 11) is 0. The lowest BCUT2D eigenvalue weighted by atomic mass is 10.0. The molecule has 446 valence electrons. The van der Waals surface area contributed by atoms with Gasteiger partial charge in [0.15, 0.2) is 6.10 Å². The number of carbonyl (C=O) groups excluding carboxylic acids is 3. The van der Waals surface area contributed by atoms with Gasteiger partial charge >= 0.3 is 17.9 Å². The van der Waals surface area contributed by atoms with Crippen molar-refractivity contribution >= 4 is 17.9 Å². The molecular formula is C69H134O6. The molecule has 0 aromatic heterocycles. The standard InChI is InChI=1S/C69H134O6/c1-4-7-10-13-16-19-22-24-26-28-29-30-31-32-33-34-35-36-37-38-39-41-42-44-47-50-53-56-59-62-68(71)74-65-66(64-73-67(70)61-58-55-52-49-46-21-18-15-12-9-6-3)75-69(72)63-60-57-54-51-48-45-43-40-27-25-23-20-17-14-11-8-5-2/h66H,4-65H2,1-3H3. The fraction of sp³-hybridized carbons (Fsp3) is 0.957. The molecule has 6 heteroatoms. The van der Waals surface area contributed by atoms with Crippen LogP contribution in [0.4, 0.5) is 0 Å². The molecule has 0 heterocycles. The van der Waals surface area contributed by atoms with Crippen molar-refractivity contribution < 1.29 is 28.6 Å². The van der Waals surface area contributed by atoms with E-state index in [1.54, 1.807) is 0 Å². The molecule has 0 bridgehead atoms. The van der Waals surface area contributed by atoms with E-state index in [2.05, 4.69) is 20.8 Å². The molecule has 0 saturated heterocycles. The Kier molecular flexibility index (Phi) is 63.6. The van der Waals surface area contributed by atoms with Crippen molar-refractivity contribution in [2.45, 2.75) is 412 Å². The average Bonchev–Trinajstić information content (AvgIpc) is 3.41. The van der Waals surface area contributed by atoms with Crippen molar-refractivity contribution in [2.75, 3.05) is 13.2 Å². The lowest BCUT2D eigenvalue weighted by molar-refractivity contribution is -0.167. The predicted molar refractivity (Wildman–Crippen MR) is 326 cm³/mol. The zero-order chi connectivity index (χ0) is 54.3. The van der Waals surface area contributed by atoms with Gasteiger partial charge in [0.2, 0.25) is 0 Å². The summed E-state index contributed by atoms with van der Waals surface area (Å²) < 4.78 is 17.0. The number of unbranched alkanes of at least 4 members (excludes halogenated alkanes) is 54. The van der Waals surface area contributed by atoms with Gasteiger partial charge < -0.3 is 14.2 Å². The Morgan fingerprint density at radius 2 is 0.360 bits per heavy atom. The Morgan fingerprint density at radius 1 is 0.213 bits per heavy atom. The lowest BCUT2D eigenvalue weighted by Crippen LogP contribution is -2.30. The van der Waals surface area contributed by atoms with Gasteiger partial charge in [-0.3, -0.25) is 14.4 Å². The third-order valence-corrected chi connectivity index (χ3v) is 16.1. The second-order valence-corrected chi connectivity index (χ2v) is 23.8. The molecule has 0 rings (SSSR count). The van der Waals surface area contributed by atoms with Crippen molar-refractivity contribution in [3.63, 3.8) is 0 Å². The van der Waals surface area contributed by atoms with Crippen LogP contribution in [0.1, 0.15) is 406 Å². The molecule has 0 aromatic carbocycles. The molecule has 0 aliphatic carbocycles. The average molecular weight is 1060 g/mol. The SMILES string of the molecule is CCCCCCCCCCCCCCCCCCCCCCCCCCCCCCCC(=O)OCC(COC(=O)CCCCCCCCCCCCC)OC(=O)CCCCCCCCCCCCCCCCCCC. The minimum absolute atomic E-state index is 0.0606. The van der Waals surface area contributed by atoms with Crippen LogP contribution in [-0.2, 0) is 28.6 Å². The van der Waals surface area contributed by atoms with Crippen LogP contribution in [0.2, 0.25) is 0 Å². The molecule has 1 atom stereocenters. The maximum atomic E-state index is 12.9. The van der Waals surface area contributed by atoms with Gasteiger partial charge in [-0.15, -0.1) is 0 Å². The number of hydrogen-bond donors (Lipinski definition) is 0. The molecule has 0 fully saturated rings. The number of rotatable bonds is 65. The molecule has 0 N–H and O–H groups in total. The highest BCUT2D eigenvalue weighted by atomic mass is 16.6. The maximum absolute atomic E-state index is 12.9. The maximum Gasteiger partial charge on any atom is 0.306 e. The topological polar surface area (TPSA) is 78.9 Å². The number of esters is 3. The van der Waals surface area contributed by atoms with E-state index in [-0.39, 0.29) is 31.1 Å². The van der Waals surface area contributed by atoms with E-state index >= 15 is 0 Å². The molecular weight excluding hydrogens is 925 g/mol.